The lowest BCUT2D eigenvalue weighted by atomic mass is 10.0. The molecule has 0 spiro atoms. The normalized spacial score (nSPS) is 18.6. The predicted molar refractivity (Wildman–Crippen MR) is 123 cm³/mol. The summed E-state index contributed by atoms with van der Waals surface area (Å²) in [5.41, 5.74) is 1.53. The van der Waals surface area contributed by atoms with Gasteiger partial charge < -0.3 is 14.7 Å². The van der Waals surface area contributed by atoms with Crippen molar-refractivity contribution < 1.29 is 28.2 Å². The number of aliphatic hydroxyl groups excluding tert-OH is 1. The highest BCUT2D eigenvalue weighted by Gasteiger charge is 2.52. The number of carbonyl (C=O) groups excluding carboxylic acids is 2. The Balaban J connectivity index is 1.59. The van der Waals surface area contributed by atoms with Gasteiger partial charge in [-0.15, -0.1) is 11.3 Å². The predicted octanol–water partition coefficient (Wildman–Crippen LogP) is 4.42. The molecule has 1 N–H and O–H groups in total. The van der Waals surface area contributed by atoms with Gasteiger partial charge in [0.25, 0.3) is 5.91 Å². The SMILES string of the molecule is C=C(Cc1ccccc1)[C@@H](O)/C=C/[C@H]1CC(F)(F)C(=O)N1CCCc1ccc(C(=O)OC)s1. The molecule has 0 unspecified atom stereocenters. The van der Waals surface area contributed by atoms with Crippen LogP contribution in [0.1, 0.15) is 33.0 Å². The van der Waals surface area contributed by atoms with Crippen LogP contribution >= 0.6 is 11.3 Å². The molecule has 8 heteroatoms. The Morgan fingerprint density at radius 3 is 2.76 bits per heavy atom. The minimum atomic E-state index is -3.43. The smallest absolute Gasteiger partial charge is 0.348 e. The van der Waals surface area contributed by atoms with Crippen molar-refractivity contribution in [2.75, 3.05) is 13.7 Å². The summed E-state index contributed by atoms with van der Waals surface area (Å²) in [5, 5.41) is 10.4. The number of thiophene rings is 1. The molecule has 1 saturated heterocycles. The average molecular weight is 476 g/mol. The van der Waals surface area contributed by atoms with Gasteiger partial charge in [0.15, 0.2) is 0 Å². The minimum Gasteiger partial charge on any atom is -0.465 e. The van der Waals surface area contributed by atoms with Gasteiger partial charge in [-0.2, -0.15) is 8.78 Å². The number of nitrogens with zero attached hydrogens (tertiary/aromatic N) is 1. The molecule has 1 aliphatic heterocycles. The summed E-state index contributed by atoms with van der Waals surface area (Å²) in [7, 11) is 1.31. The van der Waals surface area contributed by atoms with E-state index in [1.54, 1.807) is 12.1 Å². The molecular formula is C25H27F2NO4S. The molecule has 0 saturated carbocycles. The minimum absolute atomic E-state index is 0.149. The van der Waals surface area contributed by atoms with Crippen LogP contribution in [-0.2, 0) is 22.4 Å². The maximum atomic E-state index is 14.1. The van der Waals surface area contributed by atoms with Crippen molar-refractivity contribution in [3.8, 4) is 0 Å². The number of likely N-dealkylation sites (tertiary alicyclic amines) is 1. The number of esters is 1. The van der Waals surface area contributed by atoms with Crippen molar-refractivity contribution in [2.45, 2.75) is 43.8 Å². The summed E-state index contributed by atoms with van der Waals surface area (Å²) in [4.78, 5) is 26.3. The first-order valence-electron chi connectivity index (χ1n) is 10.6. The molecule has 33 heavy (non-hydrogen) atoms. The summed E-state index contributed by atoms with van der Waals surface area (Å²) in [5.74, 6) is -5.04. The van der Waals surface area contributed by atoms with Crippen molar-refractivity contribution in [2.24, 2.45) is 0 Å². The van der Waals surface area contributed by atoms with Crippen LogP contribution in [0.5, 0.6) is 0 Å². The van der Waals surface area contributed by atoms with Crippen molar-refractivity contribution in [1.29, 1.82) is 0 Å². The van der Waals surface area contributed by atoms with E-state index < -0.39 is 36.4 Å². The fourth-order valence-corrected chi connectivity index (χ4v) is 4.71. The largest absolute Gasteiger partial charge is 0.465 e. The average Bonchev–Trinajstić information content (AvgIpc) is 3.35. The second kappa shape index (κ2) is 10.9. The number of hydrogen-bond donors (Lipinski definition) is 1. The van der Waals surface area contributed by atoms with Gasteiger partial charge in [-0.05, 0) is 42.5 Å². The number of halogens is 2. The highest BCUT2D eigenvalue weighted by atomic mass is 32.1. The maximum absolute atomic E-state index is 14.1. The van der Waals surface area contributed by atoms with Crippen molar-refractivity contribution in [3.05, 3.63) is 82.1 Å². The fraction of sp³-hybridized carbons (Fsp3) is 0.360. The zero-order valence-corrected chi connectivity index (χ0v) is 19.2. The third-order valence-corrected chi connectivity index (χ3v) is 6.64. The lowest BCUT2D eigenvalue weighted by molar-refractivity contribution is -0.148. The van der Waals surface area contributed by atoms with Crippen LogP contribution in [0.25, 0.3) is 0 Å². The van der Waals surface area contributed by atoms with Crippen molar-refractivity contribution in [1.82, 2.24) is 4.90 Å². The second-order valence-corrected chi connectivity index (χ2v) is 9.15. The monoisotopic (exact) mass is 475 g/mol. The lowest BCUT2D eigenvalue weighted by Crippen LogP contribution is -2.36. The van der Waals surface area contributed by atoms with E-state index in [2.05, 4.69) is 11.3 Å². The van der Waals surface area contributed by atoms with E-state index in [4.69, 9.17) is 0 Å². The van der Waals surface area contributed by atoms with Gasteiger partial charge in [0, 0.05) is 17.8 Å². The molecule has 2 aromatic rings. The molecule has 176 valence electrons. The summed E-state index contributed by atoms with van der Waals surface area (Å²) >= 11 is 1.28. The van der Waals surface area contributed by atoms with Gasteiger partial charge in [-0.3, -0.25) is 4.79 Å². The Morgan fingerprint density at radius 1 is 1.33 bits per heavy atom. The van der Waals surface area contributed by atoms with Crippen LogP contribution in [0.2, 0.25) is 0 Å². The first-order chi connectivity index (χ1) is 15.7. The number of methoxy groups -OCH3 is 1. The third-order valence-electron chi connectivity index (χ3n) is 5.52. The summed E-state index contributed by atoms with van der Waals surface area (Å²) in [6, 6.07) is 12.2. The number of amides is 1. The van der Waals surface area contributed by atoms with Crippen molar-refractivity contribution in [3.63, 3.8) is 0 Å². The third kappa shape index (κ3) is 6.36. The molecule has 0 radical (unpaired) electrons. The van der Waals surface area contributed by atoms with Gasteiger partial charge in [-0.25, -0.2) is 4.79 Å². The molecule has 2 heterocycles. The number of alkyl halides is 2. The Hall–Kier alpha value is -2.84. The summed E-state index contributed by atoms with van der Waals surface area (Å²) < 4.78 is 33.0. The van der Waals surface area contributed by atoms with Gasteiger partial charge in [0.05, 0.1) is 19.3 Å². The number of rotatable bonds is 10. The Bertz CT molecular complexity index is 1020. The first kappa shape index (κ1) is 24.8. The highest BCUT2D eigenvalue weighted by Crippen LogP contribution is 2.34. The van der Waals surface area contributed by atoms with Gasteiger partial charge >= 0.3 is 11.9 Å². The summed E-state index contributed by atoms with van der Waals surface area (Å²) in [6.45, 7) is 4.05. The Kier molecular flexibility index (Phi) is 8.15. The van der Waals surface area contributed by atoms with Crippen LogP contribution in [0.4, 0.5) is 8.78 Å². The number of aliphatic hydroxyl groups is 1. The zero-order valence-electron chi connectivity index (χ0n) is 18.4. The van der Waals surface area contributed by atoms with Crippen LogP contribution in [-0.4, -0.2) is 53.6 Å². The Morgan fingerprint density at radius 2 is 2.06 bits per heavy atom. The maximum Gasteiger partial charge on any atom is 0.348 e. The number of aryl methyl sites for hydroxylation is 1. The van der Waals surface area contributed by atoms with E-state index in [0.29, 0.717) is 29.7 Å². The van der Waals surface area contributed by atoms with Gasteiger partial charge in [0.2, 0.25) is 0 Å². The topological polar surface area (TPSA) is 66.8 Å². The van der Waals surface area contributed by atoms with Crippen LogP contribution in [0, 0.1) is 0 Å². The molecule has 1 fully saturated rings. The number of ether oxygens (including phenoxy) is 1. The molecule has 1 aliphatic rings. The van der Waals surface area contributed by atoms with Crippen LogP contribution in [0.15, 0.2) is 66.8 Å². The zero-order chi connectivity index (χ0) is 24.0. The molecule has 0 bridgehead atoms. The first-order valence-corrected chi connectivity index (χ1v) is 11.5. The second-order valence-electron chi connectivity index (χ2n) is 7.99. The van der Waals surface area contributed by atoms with Gasteiger partial charge in [-0.1, -0.05) is 49.1 Å². The Labute approximate surface area is 196 Å². The number of hydrogen-bond acceptors (Lipinski definition) is 5. The highest BCUT2D eigenvalue weighted by molar-refractivity contribution is 7.13. The molecule has 1 amide bonds. The van der Waals surface area contributed by atoms with E-state index in [-0.39, 0.29) is 6.54 Å². The van der Waals surface area contributed by atoms with Crippen molar-refractivity contribution >= 4 is 23.2 Å². The fourth-order valence-electron chi connectivity index (χ4n) is 3.74. The molecule has 3 rings (SSSR count). The quantitative estimate of drug-likeness (QED) is 0.408. The molecule has 1 aromatic heterocycles. The van der Waals surface area contributed by atoms with E-state index in [0.717, 1.165) is 15.3 Å². The molecule has 5 nitrogen and oxygen atoms in total. The molecule has 1 aromatic carbocycles. The standard InChI is InChI=1S/C25H27F2NO4S/c1-17(15-18-7-4-3-5-8-18)21(29)12-10-19-16-25(26,27)24(31)28(19)14-6-9-20-11-13-22(33-20)23(30)32-2/h3-5,7-8,10-13,19,21,29H,1,6,9,14-16H2,2H3/b12-10+/t19-,21-/m0/s1. The van der Waals surface area contributed by atoms with E-state index in [1.807, 2.05) is 30.3 Å². The number of benzene rings is 1. The van der Waals surface area contributed by atoms with Gasteiger partial charge in [0.1, 0.15) is 4.88 Å². The van der Waals surface area contributed by atoms with Crippen LogP contribution < -0.4 is 0 Å². The lowest BCUT2D eigenvalue weighted by Gasteiger charge is -2.22. The van der Waals surface area contributed by atoms with Crippen LogP contribution in [0.3, 0.4) is 0 Å². The summed E-state index contributed by atoms with van der Waals surface area (Å²) in [6.07, 6.45) is 2.76. The number of carbonyl (C=O) groups is 2. The molecule has 0 aliphatic carbocycles. The molecular weight excluding hydrogens is 448 g/mol. The van der Waals surface area contributed by atoms with E-state index in [1.165, 1.54) is 30.6 Å². The van der Waals surface area contributed by atoms with E-state index >= 15 is 0 Å². The van der Waals surface area contributed by atoms with E-state index in [9.17, 15) is 23.5 Å². The molecule has 2 atom stereocenters.